The van der Waals surface area contributed by atoms with Gasteiger partial charge in [0, 0.05) is 24.6 Å². The number of aromatic nitrogens is 1. The van der Waals surface area contributed by atoms with Crippen LogP contribution in [0.2, 0.25) is 0 Å². The molecule has 0 aromatic carbocycles. The van der Waals surface area contributed by atoms with E-state index in [2.05, 4.69) is 38.2 Å². The molecule has 0 unspecified atom stereocenters. The standard InChI is InChI=1S/C15H26N2O2/c1-10(2)16-14-8-11(15(14,3)4)7-12-9-13(5-6-18)19-17-12/h9-11,14,16,18H,5-8H2,1-4H3/t11-,14+/m1/s1. The van der Waals surface area contributed by atoms with Crippen LogP contribution in [-0.4, -0.2) is 29.0 Å². The summed E-state index contributed by atoms with van der Waals surface area (Å²) in [6, 6.07) is 3.12. The average Bonchev–Trinajstić information content (AvgIpc) is 2.75. The first kappa shape index (κ1) is 14.5. The predicted molar refractivity (Wildman–Crippen MR) is 74.9 cm³/mol. The van der Waals surface area contributed by atoms with E-state index in [1.165, 1.54) is 6.42 Å². The summed E-state index contributed by atoms with van der Waals surface area (Å²) in [5.74, 6) is 1.43. The highest BCUT2D eigenvalue weighted by Crippen LogP contribution is 2.47. The van der Waals surface area contributed by atoms with Crippen molar-refractivity contribution in [2.24, 2.45) is 11.3 Å². The van der Waals surface area contributed by atoms with Crippen LogP contribution in [0.1, 0.15) is 45.6 Å². The molecule has 2 rings (SSSR count). The molecule has 2 atom stereocenters. The average molecular weight is 266 g/mol. The lowest BCUT2D eigenvalue weighted by Gasteiger charge is -2.53. The molecule has 1 aliphatic carbocycles. The van der Waals surface area contributed by atoms with Gasteiger partial charge in [0.15, 0.2) is 0 Å². The first-order valence-electron chi connectivity index (χ1n) is 7.25. The van der Waals surface area contributed by atoms with E-state index < -0.39 is 0 Å². The van der Waals surface area contributed by atoms with E-state index in [1.54, 1.807) is 0 Å². The highest BCUT2D eigenvalue weighted by Gasteiger charge is 2.47. The quantitative estimate of drug-likeness (QED) is 0.828. The number of nitrogens with zero attached hydrogens (tertiary/aromatic N) is 1. The zero-order chi connectivity index (χ0) is 14.0. The highest BCUT2D eigenvalue weighted by atomic mass is 16.5. The zero-order valence-electron chi connectivity index (χ0n) is 12.4. The molecule has 0 aliphatic heterocycles. The van der Waals surface area contributed by atoms with Gasteiger partial charge in [-0.05, 0) is 24.2 Å². The SMILES string of the molecule is CC(C)N[C@H]1C[C@@H](Cc2cc(CCO)on2)C1(C)C. The number of hydrogen-bond donors (Lipinski definition) is 2. The Hall–Kier alpha value is -0.870. The summed E-state index contributed by atoms with van der Waals surface area (Å²) in [6.07, 6.45) is 2.73. The van der Waals surface area contributed by atoms with Gasteiger partial charge in [-0.15, -0.1) is 0 Å². The topological polar surface area (TPSA) is 58.3 Å². The summed E-state index contributed by atoms with van der Waals surface area (Å²) >= 11 is 0. The predicted octanol–water partition coefficient (Wildman–Crippen LogP) is 2.16. The largest absolute Gasteiger partial charge is 0.396 e. The summed E-state index contributed by atoms with van der Waals surface area (Å²) in [4.78, 5) is 0. The molecule has 1 heterocycles. The fourth-order valence-corrected chi connectivity index (χ4v) is 2.98. The van der Waals surface area contributed by atoms with E-state index in [0.29, 0.717) is 29.8 Å². The molecule has 1 aromatic rings. The van der Waals surface area contributed by atoms with Crippen LogP contribution in [0.3, 0.4) is 0 Å². The minimum absolute atomic E-state index is 0.115. The summed E-state index contributed by atoms with van der Waals surface area (Å²) in [7, 11) is 0. The van der Waals surface area contributed by atoms with E-state index in [-0.39, 0.29) is 6.61 Å². The summed E-state index contributed by atoms with van der Waals surface area (Å²) < 4.78 is 5.21. The third-order valence-corrected chi connectivity index (χ3v) is 4.43. The lowest BCUT2D eigenvalue weighted by atomic mass is 9.57. The molecule has 2 N–H and O–H groups in total. The molecule has 0 bridgehead atoms. The molecule has 0 spiro atoms. The van der Waals surface area contributed by atoms with Gasteiger partial charge >= 0.3 is 0 Å². The number of aliphatic hydroxyl groups is 1. The molecule has 108 valence electrons. The minimum atomic E-state index is 0.115. The van der Waals surface area contributed by atoms with Crippen LogP contribution in [0, 0.1) is 11.3 Å². The summed E-state index contributed by atoms with van der Waals surface area (Å²) in [5, 5.41) is 16.6. The van der Waals surface area contributed by atoms with Crippen LogP contribution < -0.4 is 5.32 Å². The molecule has 1 aromatic heterocycles. The van der Waals surface area contributed by atoms with Crippen LogP contribution in [0.4, 0.5) is 0 Å². The van der Waals surface area contributed by atoms with E-state index in [0.717, 1.165) is 17.9 Å². The van der Waals surface area contributed by atoms with Gasteiger partial charge in [0.1, 0.15) is 5.76 Å². The zero-order valence-corrected chi connectivity index (χ0v) is 12.4. The molecular weight excluding hydrogens is 240 g/mol. The van der Waals surface area contributed by atoms with Crippen molar-refractivity contribution in [3.05, 3.63) is 17.5 Å². The molecule has 1 saturated carbocycles. The van der Waals surface area contributed by atoms with Crippen molar-refractivity contribution in [3.8, 4) is 0 Å². The van der Waals surface area contributed by atoms with Gasteiger partial charge in [-0.2, -0.15) is 0 Å². The van der Waals surface area contributed by atoms with E-state index in [1.807, 2.05) is 6.07 Å². The Morgan fingerprint density at radius 1 is 1.53 bits per heavy atom. The van der Waals surface area contributed by atoms with Gasteiger partial charge in [0.2, 0.25) is 0 Å². The van der Waals surface area contributed by atoms with Gasteiger partial charge in [0.05, 0.1) is 12.3 Å². The number of nitrogens with one attached hydrogen (secondary N) is 1. The Morgan fingerprint density at radius 2 is 2.26 bits per heavy atom. The molecule has 1 fully saturated rings. The Labute approximate surface area is 115 Å². The molecule has 19 heavy (non-hydrogen) atoms. The Balaban J connectivity index is 1.90. The normalized spacial score (nSPS) is 25.6. The second-order valence-corrected chi connectivity index (χ2v) is 6.59. The Bertz CT molecular complexity index is 412. The maximum absolute atomic E-state index is 8.87. The fourth-order valence-electron chi connectivity index (χ4n) is 2.98. The van der Waals surface area contributed by atoms with E-state index in [4.69, 9.17) is 9.63 Å². The Morgan fingerprint density at radius 3 is 2.84 bits per heavy atom. The number of aliphatic hydroxyl groups excluding tert-OH is 1. The van der Waals surface area contributed by atoms with Crippen molar-refractivity contribution in [2.75, 3.05) is 6.61 Å². The van der Waals surface area contributed by atoms with Crippen molar-refractivity contribution >= 4 is 0 Å². The van der Waals surface area contributed by atoms with Crippen molar-refractivity contribution in [1.29, 1.82) is 0 Å². The smallest absolute Gasteiger partial charge is 0.139 e. The lowest BCUT2D eigenvalue weighted by molar-refractivity contribution is 0.00900. The maximum Gasteiger partial charge on any atom is 0.139 e. The van der Waals surface area contributed by atoms with Crippen LogP contribution in [-0.2, 0) is 12.8 Å². The Kier molecular flexibility index (Phi) is 4.31. The number of hydrogen-bond acceptors (Lipinski definition) is 4. The lowest BCUT2D eigenvalue weighted by Crippen LogP contribution is -2.58. The third kappa shape index (κ3) is 3.18. The summed E-state index contributed by atoms with van der Waals surface area (Å²) in [5.41, 5.74) is 1.32. The third-order valence-electron chi connectivity index (χ3n) is 4.43. The first-order valence-corrected chi connectivity index (χ1v) is 7.25. The molecule has 0 amide bonds. The molecule has 0 radical (unpaired) electrons. The highest BCUT2D eigenvalue weighted by molar-refractivity contribution is 5.11. The molecular formula is C15H26N2O2. The van der Waals surface area contributed by atoms with Crippen LogP contribution >= 0.6 is 0 Å². The van der Waals surface area contributed by atoms with Crippen molar-refractivity contribution < 1.29 is 9.63 Å². The maximum atomic E-state index is 8.87. The second kappa shape index (κ2) is 5.63. The molecule has 4 nitrogen and oxygen atoms in total. The number of rotatable bonds is 6. The summed E-state index contributed by atoms with van der Waals surface area (Å²) in [6.45, 7) is 9.17. The van der Waals surface area contributed by atoms with Gasteiger partial charge in [-0.1, -0.05) is 32.9 Å². The van der Waals surface area contributed by atoms with Gasteiger partial charge in [-0.3, -0.25) is 0 Å². The second-order valence-electron chi connectivity index (χ2n) is 6.59. The van der Waals surface area contributed by atoms with Crippen molar-refractivity contribution in [2.45, 2.75) is 59.0 Å². The van der Waals surface area contributed by atoms with Gasteiger partial charge in [-0.25, -0.2) is 0 Å². The monoisotopic (exact) mass is 266 g/mol. The van der Waals surface area contributed by atoms with Gasteiger partial charge < -0.3 is 14.9 Å². The fraction of sp³-hybridized carbons (Fsp3) is 0.800. The van der Waals surface area contributed by atoms with Crippen LogP contribution in [0.25, 0.3) is 0 Å². The molecule has 1 aliphatic rings. The van der Waals surface area contributed by atoms with Crippen LogP contribution in [0.15, 0.2) is 10.6 Å². The first-order chi connectivity index (χ1) is 8.93. The van der Waals surface area contributed by atoms with Gasteiger partial charge in [0.25, 0.3) is 0 Å². The van der Waals surface area contributed by atoms with E-state index in [9.17, 15) is 0 Å². The van der Waals surface area contributed by atoms with E-state index >= 15 is 0 Å². The molecule has 4 heteroatoms. The van der Waals surface area contributed by atoms with Crippen LogP contribution in [0.5, 0.6) is 0 Å². The minimum Gasteiger partial charge on any atom is -0.396 e. The van der Waals surface area contributed by atoms with Crippen molar-refractivity contribution in [3.63, 3.8) is 0 Å². The van der Waals surface area contributed by atoms with Crippen molar-refractivity contribution in [1.82, 2.24) is 10.5 Å². The molecule has 0 saturated heterocycles.